The van der Waals surface area contributed by atoms with Gasteiger partial charge in [0.05, 0.1) is 18.7 Å². The molecule has 7 nitrogen and oxygen atoms in total. The fourth-order valence-corrected chi connectivity index (χ4v) is 6.05. The summed E-state index contributed by atoms with van der Waals surface area (Å²) in [5, 5.41) is 0. The number of fused-ring (bicyclic) bond motifs is 1. The quantitative estimate of drug-likeness (QED) is 0.768. The molecule has 1 saturated carbocycles. The van der Waals surface area contributed by atoms with Crippen LogP contribution in [0, 0.1) is 12.8 Å². The van der Waals surface area contributed by atoms with E-state index >= 15 is 0 Å². The molecular weight excluding hydrogens is 376 g/mol. The van der Waals surface area contributed by atoms with E-state index in [0.717, 1.165) is 42.9 Å². The van der Waals surface area contributed by atoms with Crippen LogP contribution in [0.3, 0.4) is 0 Å². The lowest BCUT2D eigenvalue weighted by Gasteiger charge is -2.33. The first-order valence-electron chi connectivity index (χ1n) is 10.5. The van der Waals surface area contributed by atoms with Crippen molar-refractivity contribution in [2.24, 2.45) is 5.92 Å². The summed E-state index contributed by atoms with van der Waals surface area (Å²) in [5.41, 5.74) is 1.71. The predicted octanol–water partition coefficient (Wildman–Crippen LogP) is 2.74. The van der Waals surface area contributed by atoms with Crippen molar-refractivity contribution in [1.29, 1.82) is 0 Å². The normalized spacial score (nSPS) is 24.6. The summed E-state index contributed by atoms with van der Waals surface area (Å²) in [7, 11) is -3.32. The maximum atomic E-state index is 12.7. The van der Waals surface area contributed by atoms with Crippen LogP contribution in [0.5, 0.6) is 0 Å². The van der Waals surface area contributed by atoms with Crippen LogP contribution in [-0.4, -0.2) is 47.9 Å². The zero-order chi connectivity index (χ0) is 19.9. The Morgan fingerprint density at radius 3 is 2.46 bits per heavy atom. The van der Waals surface area contributed by atoms with E-state index in [1.807, 2.05) is 11.8 Å². The van der Waals surface area contributed by atoms with Crippen LogP contribution in [0.15, 0.2) is 0 Å². The molecule has 1 saturated heterocycles. The average Bonchev–Trinajstić information content (AvgIpc) is 2.98. The number of anilines is 1. The molecule has 0 bridgehead atoms. The molecule has 2 fully saturated rings. The highest BCUT2D eigenvalue weighted by atomic mass is 32.2. The SMILES string of the molecule is Cc1nc([C@H]2CCCCN2S(C)(=O)=O)nc2c1CC(=O)N2CC1CCCCC1. The molecule has 0 radical (unpaired) electrons. The van der Waals surface area contributed by atoms with Gasteiger partial charge < -0.3 is 0 Å². The molecule has 0 unspecified atom stereocenters. The molecule has 1 amide bonds. The van der Waals surface area contributed by atoms with Crippen molar-refractivity contribution in [3.05, 3.63) is 17.1 Å². The number of carbonyl (C=O) groups excluding carboxylic acids is 1. The van der Waals surface area contributed by atoms with E-state index in [1.54, 1.807) is 0 Å². The van der Waals surface area contributed by atoms with Gasteiger partial charge >= 0.3 is 0 Å². The van der Waals surface area contributed by atoms with Crippen LogP contribution >= 0.6 is 0 Å². The van der Waals surface area contributed by atoms with Gasteiger partial charge in [-0.15, -0.1) is 0 Å². The predicted molar refractivity (Wildman–Crippen MR) is 108 cm³/mol. The van der Waals surface area contributed by atoms with Crippen molar-refractivity contribution in [3.63, 3.8) is 0 Å². The van der Waals surface area contributed by atoms with Gasteiger partial charge in [0.15, 0.2) is 0 Å². The topological polar surface area (TPSA) is 83.5 Å². The maximum absolute atomic E-state index is 12.7. The van der Waals surface area contributed by atoms with Crippen molar-refractivity contribution in [3.8, 4) is 0 Å². The summed E-state index contributed by atoms with van der Waals surface area (Å²) in [4.78, 5) is 24.0. The molecule has 8 heteroatoms. The molecule has 3 aliphatic rings. The number of sulfonamides is 1. The Kier molecular flexibility index (Phi) is 5.44. The van der Waals surface area contributed by atoms with E-state index in [-0.39, 0.29) is 11.9 Å². The summed E-state index contributed by atoms with van der Waals surface area (Å²) in [5.74, 6) is 1.89. The average molecular weight is 407 g/mol. The standard InChI is InChI=1S/C20H30N4O3S/c1-14-16-12-18(25)23(13-15-8-4-3-5-9-15)20(16)22-19(21-14)17-10-6-7-11-24(17)28(2,26)27/h15,17H,3-13H2,1-2H3/t17-/m1/s1. The van der Waals surface area contributed by atoms with E-state index in [4.69, 9.17) is 4.98 Å². The number of nitrogens with zero attached hydrogens (tertiary/aromatic N) is 4. The van der Waals surface area contributed by atoms with Crippen LogP contribution in [0.1, 0.15) is 74.5 Å². The van der Waals surface area contributed by atoms with Crippen LogP contribution < -0.4 is 4.90 Å². The molecule has 154 valence electrons. The van der Waals surface area contributed by atoms with Gasteiger partial charge in [0, 0.05) is 24.3 Å². The number of carbonyl (C=O) groups is 1. The highest BCUT2D eigenvalue weighted by molar-refractivity contribution is 7.88. The monoisotopic (exact) mass is 406 g/mol. The van der Waals surface area contributed by atoms with Crippen molar-refractivity contribution >= 4 is 21.7 Å². The van der Waals surface area contributed by atoms with Crippen molar-refractivity contribution in [2.45, 2.75) is 70.8 Å². The Balaban J connectivity index is 1.66. The maximum Gasteiger partial charge on any atom is 0.232 e. The number of aryl methyl sites for hydroxylation is 1. The van der Waals surface area contributed by atoms with E-state index < -0.39 is 10.0 Å². The summed E-state index contributed by atoms with van der Waals surface area (Å²) < 4.78 is 26.1. The Bertz CT molecular complexity index is 864. The summed E-state index contributed by atoms with van der Waals surface area (Å²) in [6, 6.07) is -0.333. The third-order valence-electron chi connectivity index (χ3n) is 6.44. The molecule has 0 aromatic carbocycles. The van der Waals surface area contributed by atoms with Crippen LogP contribution in [0.4, 0.5) is 5.82 Å². The van der Waals surface area contributed by atoms with E-state index in [9.17, 15) is 13.2 Å². The number of rotatable bonds is 4. The minimum atomic E-state index is -3.32. The van der Waals surface area contributed by atoms with Crippen molar-refractivity contribution in [1.82, 2.24) is 14.3 Å². The van der Waals surface area contributed by atoms with Gasteiger partial charge in [-0.05, 0) is 38.5 Å². The fraction of sp³-hybridized carbons (Fsp3) is 0.750. The molecule has 28 heavy (non-hydrogen) atoms. The third kappa shape index (κ3) is 3.81. The number of hydrogen-bond acceptors (Lipinski definition) is 5. The third-order valence-corrected chi connectivity index (χ3v) is 7.73. The molecular formula is C20H30N4O3S. The largest absolute Gasteiger partial charge is 0.296 e. The molecule has 3 heterocycles. The lowest BCUT2D eigenvalue weighted by atomic mass is 9.89. The first kappa shape index (κ1) is 19.8. The minimum absolute atomic E-state index is 0.0961. The van der Waals surface area contributed by atoms with Crippen LogP contribution in [0.2, 0.25) is 0 Å². The molecule has 4 rings (SSSR count). The van der Waals surface area contributed by atoms with E-state index in [2.05, 4.69) is 4.98 Å². The summed E-state index contributed by atoms with van der Waals surface area (Å²) >= 11 is 0. The van der Waals surface area contributed by atoms with Gasteiger partial charge in [0.2, 0.25) is 15.9 Å². The lowest BCUT2D eigenvalue weighted by Crippen LogP contribution is -2.39. The van der Waals surface area contributed by atoms with Gasteiger partial charge in [0.25, 0.3) is 0 Å². The van der Waals surface area contributed by atoms with Gasteiger partial charge in [-0.1, -0.05) is 25.7 Å². The first-order valence-corrected chi connectivity index (χ1v) is 12.3. The Morgan fingerprint density at radius 1 is 1.04 bits per heavy atom. The molecule has 0 spiro atoms. The number of piperidine rings is 1. The number of aromatic nitrogens is 2. The smallest absolute Gasteiger partial charge is 0.232 e. The van der Waals surface area contributed by atoms with Gasteiger partial charge in [-0.25, -0.2) is 18.4 Å². The number of hydrogen-bond donors (Lipinski definition) is 0. The molecule has 0 N–H and O–H groups in total. The molecule has 2 aliphatic heterocycles. The summed E-state index contributed by atoms with van der Waals surface area (Å²) in [6.45, 7) is 3.14. The molecule has 1 atom stereocenters. The van der Waals surface area contributed by atoms with Gasteiger partial charge in [-0.2, -0.15) is 4.31 Å². The van der Waals surface area contributed by atoms with Gasteiger partial charge in [-0.3, -0.25) is 9.69 Å². The second kappa shape index (κ2) is 7.71. The second-order valence-electron chi connectivity index (χ2n) is 8.54. The lowest BCUT2D eigenvalue weighted by molar-refractivity contribution is -0.117. The molecule has 1 aromatic heterocycles. The van der Waals surface area contributed by atoms with E-state index in [1.165, 1.54) is 42.7 Å². The minimum Gasteiger partial charge on any atom is -0.296 e. The van der Waals surface area contributed by atoms with Crippen LogP contribution in [0.25, 0.3) is 0 Å². The Morgan fingerprint density at radius 2 is 1.75 bits per heavy atom. The molecule has 1 aliphatic carbocycles. The Hall–Kier alpha value is -1.54. The Labute approximate surface area is 167 Å². The highest BCUT2D eigenvalue weighted by Gasteiger charge is 2.37. The van der Waals surface area contributed by atoms with Crippen molar-refractivity contribution in [2.75, 3.05) is 24.2 Å². The zero-order valence-corrected chi connectivity index (χ0v) is 17.7. The van der Waals surface area contributed by atoms with Gasteiger partial charge in [0.1, 0.15) is 11.6 Å². The molecule has 1 aromatic rings. The van der Waals surface area contributed by atoms with Crippen molar-refractivity contribution < 1.29 is 13.2 Å². The summed E-state index contributed by atoms with van der Waals surface area (Å²) in [6.07, 6.45) is 10.2. The van der Waals surface area contributed by atoms with E-state index in [0.29, 0.717) is 24.7 Å². The first-order chi connectivity index (χ1) is 13.3. The zero-order valence-electron chi connectivity index (χ0n) is 16.9. The van der Waals surface area contributed by atoms with Crippen LogP contribution in [-0.2, 0) is 21.2 Å². The highest BCUT2D eigenvalue weighted by Crippen LogP contribution is 2.36. The fourth-order valence-electron chi connectivity index (χ4n) is 4.92. The number of amides is 1. The second-order valence-corrected chi connectivity index (χ2v) is 10.5.